The number of nitro groups is 1. The first-order valence-corrected chi connectivity index (χ1v) is 8.55. The number of nitrogens with one attached hydrogen (secondary N) is 2. The topological polar surface area (TPSA) is 102 Å². The van der Waals surface area contributed by atoms with Gasteiger partial charge in [0.1, 0.15) is 17.9 Å². The summed E-state index contributed by atoms with van der Waals surface area (Å²) in [7, 11) is 0. The van der Waals surface area contributed by atoms with E-state index in [1.54, 1.807) is 36.4 Å². The molecular formula is C19H18FN5O3. The number of ether oxygens (including phenoxy) is 1. The van der Waals surface area contributed by atoms with Crippen molar-refractivity contribution in [3.8, 4) is 5.75 Å². The molecule has 0 saturated carbocycles. The van der Waals surface area contributed by atoms with Gasteiger partial charge >= 0.3 is 5.69 Å². The maximum absolute atomic E-state index is 13.0. The van der Waals surface area contributed by atoms with Crippen LogP contribution in [0.25, 0.3) is 0 Å². The minimum Gasteiger partial charge on any atom is -0.492 e. The van der Waals surface area contributed by atoms with Crippen LogP contribution in [-0.2, 0) is 6.54 Å². The van der Waals surface area contributed by atoms with E-state index in [1.165, 1.54) is 18.5 Å². The molecule has 2 N–H and O–H groups in total. The summed E-state index contributed by atoms with van der Waals surface area (Å²) in [6.45, 7) is 2.55. The second-order valence-corrected chi connectivity index (χ2v) is 5.71. The molecule has 0 unspecified atom stereocenters. The van der Waals surface area contributed by atoms with E-state index in [2.05, 4.69) is 20.6 Å². The third-order valence-electron chi connectivity index (χ3n) is 3.82. The van der Waals surface area contributed by atoms with Crippen LogP contribution in [0.5, 0.6) is 5.75 Å². The summed E-state index contributed by atoms with van der Waals surface area (Å²) in [6, 6.07) is 12.9. The Labute approximate surface area is 160 Å². The lowest BCUT2D eigenvalue weighted by atomic mass is 10.2. The standard InChI is InChI=1S/C19H18FN5O3/c1-2-28-16-6-4-3-5-15(16)24-19-17(25(26)27)18(22-12-23-19)21-11-13-7-9-14(20)10-8-13/h3-10,12H,2,11H2,1H3,(H2,21,22,23,24). The molecule has 8 nitrogen and oxygen atoms in total. The summed E-state index contributed by atoms with van der Waals surface area (Å²) in [5.41, 5.74) is 1.01. The lowest BCUT2D eigenvalue weighted by Crippen LogP contribution is -2.08. The summed E-state index contributed by atoms with van der Waals surface area (Å²) in [5, 5.41) is 17.5. The molecule has 0 spiro atoms. The van der Waals surface area contributed by atoms with Crippen LogP contribution >= 0.6 is 0 Å². The number of hydrogen-bond acceptors (Lipinski definition) is 7. The van der Waals surface area contributed by atoms with Gasteiger partial charge in [-0.05, 0) is 36.8 Å². The average Bonchev–Trinajstić information content (AvgIpc) is 2.69. The normalized spacial score (nSPS) is 10.4. The Balaban J connectivity index is 1.87. The van der Waals surface area contributed by atoms with Crippen molar-refractivity contribution in [2.75, 3.05) is 17.2 Å². The van der Waals surface area contributed by atoms with Crippen LogP contribution in [0.2, 0.25) is 0 Å². The van der Waals surface area contributed by atoms with Gasteiger partial charge in [-0.1, -0.05) is 24.3 Å². The number of benzene rings is 2. The van der Waals surface area contributed by atoms with Crippen molar-refractivity contribution in [1.82, 2.24) is 9.97 Å². The Kier molecular flexibility index (Phi) is 5.95. The van der Waals surface area contributed by atoms with Crippen LogP contribution in [0.4, 0.5) is 27.4 Å². The van der Waals surface area contributed by atoms with Crippen LogP contribution in [-0.4, -0.2) is 21.5 Å². The van der Waals surface area contributed by atoms with Gasteiger partial charge in [0.15, 0.2) is 0 Å². The molecule has 0 bridgehead atoms. The molecule has 0 amide bonds. The van der Waals surface area contributed by atoms with E-state index < -0.39 is 4.92 Å². The molecule has 0 atom stereocenters. The smallest absolute Gasteiger partial charge is 0.353 e. The van der Waals surface area contributed by atoms with Crippen molar-refractivity contribution in [2.45, 2.75) is 13.5 Å². The molecule has 3 aromatic rings. The molecular weight excluding hydrogens is 365 g/mol. The fraction of sp³-hybridized carbons (Fsp3) is 0.158. The summed E-state index contributed by atoms with van der Waals surface area (Å²) < 4.78 is 18.6. The predicted octanol–water partition coefficient (Wildman–Crippen LogP) is 4.28. The Morgan fingerprint density at radius 1 is 1.11 bits per heavy atom. The quantitative estimate of drug-likeness (QED) is 0.442. The molecule has 2 aromatic carbocycles. The molecule has 0 aliphatic heterocycles. The van der Waals surface area contributed by atoms with Crippen molar-refractivity contribution >= 4 is 23.0 Å². The highest BCUT2D eigenvalue weighted by molar-refractivity contribution is 5.75. The number of aromatic nitrogens is 2. The molecule has 0 fully saturated rings. The van der Waals surface area contributed by atoms with Gasteiger partial charge in [-0.25, -0.2) is 14.4 Å². The first kappa shape index (κ1) is 19.0. The number of rotatable bonds is 8. The molecule has 1 heterocycles. The molecule has 144 valence electrons. The largest absolute Gasteiger partial charge is 0.492 e. The molecule has 1 aromatic heterocycles. The predicted molar refractivity (Wildman–Crippen MR) is 103 cm³/mol. The van der Waals surface area contributed by atoms with Gasteiger partial charge in [0.05, 0.1) is 17.2 Å². The van der Waals surface area contributed by atoms with Gasteiger partial charge in [0.25, 0.3) is 0 Å². The lowest BCUT2D eigenvalue weighted by molar-refractivity contribution is -0.383. The second-order valence-electron chi connectivity index (χ2n) is 5.71. The summed E-state index contributed by atoms with van der Waals surface area (Å²) in [4.78, 5) is 19.1. The van der Waals surface area contributed by atoms with Gasteiger partial charge in [-0.15, -0.1) is 0 Å². The maximum atomic E-state index is 13.0. The summed E-state index contributed by atoms with van der Waals surface area (Å²) in [5.74, 6) is 0.296. The van der Waals surface area contributed by atoms with Crippen LogP contribution in [0.15, 0.2) is 54.9 Å². The molecule has 3 rings (SSSR count). The van der Waals surface area contributed by atoms with E-state index in [1.807, 2.05) is 6.92 Å². The zero-order valence-corrected chi connectivity index (χ0v) is 15.1. The van der Waals surface area contributed by atoms with E-state index in [0.717, 1.165) is 5.56 Å². The number of para-hydroxylation sites is 2. The Morgan fingerprint density at radius 3 is 2.54 bits per heavy atom. The number of hydrogen-bond donors (Lipinski definition) is 2. The van der Waals surface area contributed by atoms with Crippen LogP contribution in [0.1, 0.15) is 12.5 Å². The zero-order chi connectivity index (χ0) is 19.9. The first-order valence-electron chi connectivity index (χ1n) is 8.55. The average molecular weight is 383 g/mol. The molecule has 28 heavy (non-hydrogen) atoms. The van der Waals surface area contributed by atoms with E-state index in [-0.39, 0.29) is 29.7 Å². The monoisotopic (exact) mass is 383 g/mol. The number of halogens is 1. The highest BCUT2D eigenvalue weighted by Gasteiger charge is 2.23. The Hall–Kier alpha value is -3.75. The molecule has 0 aliphatic rings. The van der Waals surface area contributed by atoms with Gasteiger partial charge in [0.2, 0.25) is 11.6 Å². The fourth-order valence-corrected chi connectivity index (χ4v) is 2.54. The van der Waals surface area contributed by atoms with Crippen molar-refractivity contribution in [1.29, 1.82) is 0 Å². The van der Waals surface area contributed by atoms with Crippen molar-refractivity contribution in [3.05, 3.63) is 76.4 Å². The Bertz CT molecular complexity index is 966. The second kappa shape index (κ2) is 8.76. The van der Waals surface area contributed by atoms with Crippen LogP contribution < -0.4 is 15.4 Å². The van der Waals surface area contributed by atoms with Gasteiger partial charge < -0.3 is 15.4 Å². The summed E-state index contributed by atoms with van der Waals surface area (Å²) in [6.07, 6.45) is 1.23. The molecule has 9 heteroatoms. The van der Waals surface area contributed by atoms with Crippen LogP contribution in [0.3, 0.4) is 0 Å². The molecule has 0 radical (unpaired) electrons. The third-order valence-corrected chi connectivity index (χ3v) is 3.82. The minimum absolute atomic E-state index is 0.0359. The van der Waals surface area contributed by atoms with E-state index in [9.17, 15) is 14.5 Å². The number of nitrogens with zero attached hydrogens (tertiary/aromatic N) is 3. The number of anilines is 3. The third kappa shape index (κ3) is 4.50. The fourth-order valence-electron chi connectivity index (χ4n) is 2.54. The summed E-state index contributed by atoms with van der Waals surface area (Å²) >= 11 is 0. The van der Waals surface area contributed by atoms with Gasteiger partial charge in [0, 0.05) is 6.54 Å². The zero-order valence-electron chi connectivity index (χ0n) is 15.1. The van der Waals surface area contributed by atoms with Crippen LogP contribution in [0, 0.1) is 15.9 Å². The van der Waals surface area contributed by atoms with Crippen molar-refractivity contribution < 1.29 is 14.1 Å². The minimum atomic E-state index is -0.557. The first-order chi connectivity index (χ1) is 13.6. The van der Waals surface area contributed by atoms with Crippen molar-refractivity contribution in [2.24, 2.45) is 0 Å². The lowest BCUT2D eigenvalue weighted by Gasteiger charge is -2.13. The molecule has 0 aliphatic carbocycles. The van der Waals surface area contributed by atoms with Gasteiger partial charge in [-0.2, -0.15) is 0 Å². The van der Waals surface area contributed by atoms with E-state index in [4.69, 9.17) is 4.74 Å². The van der Waals surface area contributed by atoms with E-state index >= 15 is 0 Å². The highest BCUT2D eigenvalue weighted by atomic mass is 19.1. The van der Waals surface area contributed by atoms with Gasteiger partial charge in [-0.3, -0.25) is 10.1 Å². The van der Waals surface area contributed by atoms with E-state index in [0.29, 0.717) is 18.0 Å². The van der Waals surface area contributed by atoms with Crippen molar-refractivity contribution in [3.63, 3.8) is 0 Å². The molecule has 0 saturated heterocycles. The SMILES string of the molecule is CCOc1ccccc1Nc1ncnc(NCc2ccc(F)cc2)c1[N+](=O)[O-]. The highest BCUT2D eigenvalue weighted by Crippen LogP contribution is 2.34. The maximum Gasteiger partial charge on any atom is 0.353 e. The Morgan fingerprint density at radius 2 is 1.82 bits per heavy atom.